The van der Waals surface area contributed by atoms with Gasteiger partial charge in [-0.25, -0.2) is 9.90 Å². The number of aliphatic hydroxyl groups is 1. The maximum atomic E-state index is 9.84. The summed E-state index contributed by atoms with van der Waals surface area (Å²) in [6.07, 6.45) is 1.39. The summed E-state index contributed by atoms with van der Waals surface area (Å²) in [5.41, 5.74) is 0. The highest BCUT2D eigenvalue weighted by Crippen LogP contribution is 1.86. The van der Waals surface area contributed by atoms with Crippen LogP contribution < -0.4 is 0 Å². The van der Waals surface area contributed by atoms with Crippen molar-refractivity contribution in [2.24, 2.45) is 0 Å². The van der Waals surface area contributed by atoms with Crippen molar-refractivity contribution in [3.8, 4) is 0 Å². The number of carbonyl (C=O) groups excluding carboxylic acids is 1. The molecule has 0 amide bonds. The van der Waals surface area contributed by atoms with Gasteiger partial charge in [-0.2, -0.15) is 8.42 Å². The summed E-state index contributed by atoms with van der Waals surface area (Å²) in [7, 11) is -3.97. The van der Waals surface area contributed by atoms with Gasteiger partial charge in [-0.15, -0.1) is 0 Å². The average molecular weight is 225 g/mol. The molecule has 1 radical (unpaired) electrons. The lowest BCUT2D eigenvalue weighted by Crippen LogP contribution is -2.16. The Labute approximate surface area is 82.6 Å². The van der Waals surface area contributed by atoms with Crippen LogP contribution in [0.3, 0.4) is 0 Å². The van der Waals surface area contributed by atoms with Crippen molar-refractivity contribution in [3.63, 3.8) is 0 Å². The third kappa shape index (κ3) is 22.5. The second kappa shape index (κ2) is 7.48. The Hall–Kier alpha value is -0.920. The minimum atomic E-state index is -3.97. The van der Waals surface area contributed by atoms with Gasteiger partial charge in [0.2, 0.25) is 0 Å². The highest BCUT2D eigenvalue weighted by atomic mass is 32.2. The third-order valence-corrected chi connectivity index (χ3v) is 1.66. The molecule has 0 aromatic heterocycles. The first-order chi connectivity index (χ1) is 6.19. The van der Waals surface area contributed by atoms with Crippen LogP contribution >= 0.6 is 0 Å². The van der Waals surface area contributed by atoms with E-state index in [9.17, 15) is 18.3 Å². The van der Waals surface area contributed by atoms with Gasteiger partial charge in [0, 0.05) is 6.08 Å². The highest BCUT2D eigenvalue weighted by molar-refractivity contribution is 7.85. The zero-order chi connectivity index (χ0) is 11.8. The second-order valence-corrected chi connectivity index (χ2v) is 3.91. The predicted octanol–water partition coefficient (Wildman–Crippen LogP) is -0.225. The van der Waals surface area contributed by atoms with E-state index >= 15 is 0 Å². The van der Waals surface area contributed by atoms with Crippen molar-refractivity contribution in [3.05, 3.63) is 12.2 Å². The van der Waals surface area contributed by atoms with Gasteiger partial charge < -0.3 is 5.11 Å². The maximum absolute atomic E-state index is 9.84. The molecule has 0 rings (SSSR count). The highest BCUT2D eigenvalue weighted by Gasteiger charge is 2.07. The maximum Gasteiger partial charge on any atom is 0.378 e. The topological polar surface area (TPSA) is 112 Å². The zero-order valence-corrected chi connectivity index (χ0v) is 8.69. The van der Waals surface area contributed by atoms with Crippen LogP contribution in [-0.4, -0.2) is 35.9 Å². The minimum absolute atomic E-state index is 0.590. The Balaban J connectivity index is 0. The number of hydrogen-bond acceptors (Lipinski definition) is 4. The van der Waals surface area contributed by atoms with Gasteiger partial charge in [-0.1, -0.05) is 6.08 Å². The Morgan fingerprint density at radius 2 is 1.93 bits per heavy atom. The molecular weight excluding hydrogens is 212 g/mol. The normalized spacial score (nSPS) is 13.1. The van der Waals surface area contributed by atoms with Crippen LogP contribution in [-0.2, 0) is 20.0 Å². The Morgan fingerprint density at radius 3 is 1.93 bits per heavy atom. The van der Waals surface area contributed by atoms with Crippen LogP contribution in [0.2, 0.25) is 0 Å². The first kappa shape index (κ1) is 15.5. The van der Waals surface area contributed by atoms with Gasteiger partial charge in [0.05, 0.1) is 6.10 Å². The molecule has 0 aliphatic carbocycles. The summed E-state index contributed by atoms with van der Waals surface area (Å²) < 4.78 is 27.7. The van der Waals surface area contributed by atoms with Crippen LogP contribution in [0.4, 0.5) is 0 Å². The zero-order valence-electron chi connectivity index (χ0n) is 7.87. The summed E-state index contributed by atoms with van der Waals surface area (Å²) in [4.78, 5) is 9.40. The molecule has 0 aliphatic heterocycles. The van der Waals surface area contributed by atoms with Crippen molar-refractivity contribution in [2.75, 3.05) is 5.75 Å². The summed E-state index contributed by atoms with van der Waals surface area (Å²) in [5, 5.41) is 17.8. The van der Waals surface area contributed by atoms with Crippen LogP contribution in [0, 0.1) is 0 Å². The molecule has 83 valence electrons. The van der Waals surface area contributed by atoms with E-state index in [0.29, 0.717) is 0 Å². The molecule has 14 heavy (non-hydrogen) atoms. The molecule has 2 N–H and O–H groups in total. The lowest BCUT2D eigenvalue weighted by Gasteiger charge is -1.97. The van der Waals surface area contributed by atoms with Crippen LogP contribution in [0.5, 0.6) is 0 Å². The number of carbonyl (C=O) groups is 1. The average Bonchev–Trinajstić information content (AvgIpc) is 1.80. The van der Waals surface area contributed by atoms with Crippen molar-refractivity contribution in [1.29, 1.82) is 0 Å². The Kier molecular flexibility index (Phi) is 8.31. The number of rotatable bonds is 3. The lowest BCUT2D eigenvalue weighted by molar-refractivity contribution is -0.137. The van der Waals surface area contributed by atoms with Crippen LogP contribution in [0.1, 0.15) is 13.8 Å². The fraction of sp³-hybridized carbons (Fsp3) is 0.571. The molecule has 0 heterocycles. The predicted molar refractivity (Wildman–Crippen MR) is 48.6 cm³/mol. The van der Waals surface area contributed by atoms with Gasteiger partial charge in [-0.3, -0.25) is 4.55 Å². The van der Waals surface area contributed by atoms with E-state index in [-0.39, 0.29) is 0 Å². The summed E-state index contributed by atoms with van der Waals surface area (Å²) in [6, 6.07) is 0. The molecule has 0 fully saturated rings. The molecule has 6 nitrogen and oxygen atoms in total. The quantitative estimate of drug-likeness (QED) is 0.509. The molecule has 7 heteroatoms. The van der Waals surface area contributed by atoms with E-state index in [4.69, 9.17) is 9.66 Å². The molecule has 1 unspecified atom stereocenters. The fourth-order valence-electron chi connectivity index (χ4n) is 0.441. The Bertz CT molecular complexity index is 277. The molecule has 0 aromatic rings. The van der Waals surface area contributed by atoms with E-state index in [1.165, 1.54) is 13.0 Å². The summed E-state index contributed by atoms with van der Waals surface area (Å²) in [6.45, 7) is 2.91. The van der Waals surface area contributed by atoms with E-state index in [2.05, 4.69) is 0 Å². The van der Waals surface area contributed by atoms with Gasteiger partial charge >= 0.3 is 5.97 Å². The number of hydrogen-bond donors (Lipinski definition) is 2. The van der Waals surface area contributed by atoms with Crippen molar-refractivity contribution in [1.82, 2.24) is 0 Å². The van der Waals surface area contributed by atoms with Crippen molar-refractivity contribution < 1.29 is 28.0 Å². The SMILES string of the molecule is CC(O)CS(=O)(=O)O.CC=CC([O])=O. The van der Waals surface area contributed by atoms with Gasteiger partial charge in [0.15, 0.2) is 0 Å². The Morgan fingerprint density at radius 1 is 1.50 bits per heavy atom. The second-order valence-electron chi connectivity index (χ2n) is 2.42. The summed E-state index contributed by atoms with van der Waals surface area (Å²) >= 11 is 0. The monoisotopic (exact) mass is 225 g/mol. The molecule has 0 saturated carbocycles. The van der Waals surface area contributed by atoms with Gasteiger partial charge in [-0.05, 0) is 13.8 Å². The van der Waals surface area contributed by atoms with Crippen molar-refractivity contribution in [2.45, 2.75) is 20.0 Å². The number of allylic oxidation sites excluding steroid dienone is 1. The summed E-state index contributed by atoms with van der Waals surface area (Å²) in [5.74, 6) is -1.73. The fourth-order valence-corrected chi connectivity index (χ4v) is 1.05. The van der Waals surface area contributed by atoms with E-state index in [0.717, 1.165) is 6.08 Å². The van der Waals surface area contributed by atoms with Crippen LogP contribution in [0.25, 0.3) is 0 Å². The smallest absolute Gasteiger partial charge is 0.378 e. The largest absolute Gasteiger partial charge is 0.392 e. The third-order valence-electron chi connectivity index (χ3n) is 0.755. The molecule has 0 spiro atoms. The first-order valence-electron chi connectivity index (χ1n) is 3.66. The van der Waals surface area contributed by atoms with E-state index in [1.54, 1.807) is 6.92 Å². The number of aliphatic hydroxyl groups excluding tert-OH is 1. The van der Waals surface area contributed by atoms with E-state index in [1.807, 2.05) is 0 Å². The molecular formula is C7H13O6S. The molecule has 1 atom stereocenters. The molecule has 0 aromatic carbocycles. The molecule has 0 saturated heterocycles. The molecule has 0 aliphatic rings. The minimum Gasteiger partial charge on any atom is -0.392 e. The van der Waals surface area contributed by atoms with Gasteiger partial charge in [0.1, 0.15) is 5.75 Å². The van der Waals surface area contributed by atoms with Gasteiger partial charge in [0.25, 0.3) is 10.1 Å². The lowest BCUT2D eigenvalue weighted by atomic mass is 10.5. The molecule has 0 bridgehead atoms. The first-order valence-corrected chi connectivity index (χ1v) is 5.27. The van der Waals surface area contributed by atoms with Crippen molar-refractivity contribution >= 4 is 16.1 Å². The standard InChI is InChI=1S/C4H5O2.C3H8O4S/c1-2-3-4(5)6;1-3(4)2-8(5,6)7/h2-3H,1H3;3-4H,2H2,1H3,(H,5,6,7). The van der Waals surface area contributed by atoms with E-state index < -0.39 is 27.9 Å². The van der Waals surface area contributed by atoms with Crippen LogP contribution in [0.15, 0.2) is 12.2 Å².